The van der Waals surface area contributed by atoms with Crippen molar-refractivity contribution in [2.24, 2.45) is 0 Å². The fourth-order valence-electron chi connectivity index (χ4n) is 2.18. The Balaban J connectivity index is 1.53. The number of rotatable bonds is 6. The molecular formula is C16H16ClN5OS. The summed E-state index contributed by atoms with van der Waals surface area (Å²) in [5, 5.41) is 4.11. The van der Waals surface area contributed by atoms with E-state index < -0.39 is 0 Å². The van der Waals surface area contributed by atoms with Crippen molar-refractivity contribution < 1.29 is 4.79 Å². The Bertz CT molecular complexity index is 836. The minimum Gasteiger partial charge on any atom is -0.355 e. The first-order valence-corrected chi connectivity index (χ1v) is 8.72. The molecule has 1 amide bonds. The van der Waals surface area contributed by atoms with Crippen LogP contribution < -0.4 is 5.32 Å². The summed E-state index contributed by atoms with van der Waals surface area (Å²) in [5.74, 6) is -0.0276. The van der Waals surface area contributed by atoms with E-state index in [1.807, 2.05) is 31.2 Å². The minimum absolute atomic E-state index is 0.0276. The average Bonchev–Trinajstić information content (AvgIpc) is 3.06. The zero-order valence-electron chi connectivity index (χ0n) is 13.0. The van der Waals surface area contributed by atoms with E-state index in [2.05, 4.69) is 25.3 Å². The molecule has 0 aliphatic heterocycles. The number of nitrogens with one attached hydrogen (secondary N) is 2. The fourth-order valence-corrected chi connectivity index (χ4v) is 3.21. The fraction of sp³-hybridized carbons (Fsp3) is 0.250. The standard InChI is InChI=1S/C16H16ClN5OS/c1-10(24-16-13-14(20-8-19-13)21-9-22-16)15(23)18-7-6-11-2-4-12(17)5-3-11/h2-5,8-10H,6-7H2,1H3,(H,18,23)(H,19,20,21,22)/t10-/m1/s1. The van der Waals surface area contributed by atoms with Crippen LogP contribution in [0.4, 0.5) is 0 Å². The number of aromatic amines is 1. The molecule has 3 aromatic rings. The van der Waals surface area contributed by atoms with Gasteiger partial charge >= 0.3 is 0 Å². The number of carbonyl (C=O) groups excluding carboxylic acids is 1. The number of nitrogens with zero attached hydrogens (tertiary/aromatic N) is 3. The van der Waals surface area contributed by atoms with E-state index in [1.165, 1.54) is 18.1 Å². The van der Waals surface area contributed by atoms with Gasteiger partial charge in [-0.05, 0) is 31.0 Å². The van der Waals surface area contributed by atoms with Crippen LogP contribution in [-0.4, -0.2) is 37.6 Å². The molecule has 124 valence electrons. The summed E-state index contributed by atoms with van der Waals surface area (Å²) < 4.78 is 0. The van der Waals surface area contributed by atoms with Crippen molar-refractivity contribution in [2.45, 2.75) is 23.6 Å². The van der Waals surface area contributed by atoms with Gasteiger partial charge in [0.05, 0.1) is 11.6 Å². The van der Waals surface area contributed by atoms with Gasteiger partial charge in [0.2, 0.25) is 5.91 Å². The zero-order chi connectivity index (χ0) is 16.9. The number of amides is 1. The Morgan fingerprint density at radius 3 is 2.88 bits per heavy atom. The van der Waals surface area contributed by atoms with E-state index in [1.54, 1.807) is 6.33 Å². The molecule has 0 bridgehead atoms. The third-order valence-corrected chi connectivity index (χ3v) is 4.82. The second kappa shape index (κ2) is 7.63. The Labute approximate surface area is 148 Å². The van der Waals surface area contributed by atoms with Gasteiger partial charge < -0.3 is 10.3 Å². The monoisotopic (exact) mass is 361 g/mol. The van der Waals surface area contributed by atoms with Gasteiger partial charge in [-0.2, -0.15) is 0 Å². The summed E-state index contributed by atoms with van der Waals surface area (Å²) >= 11 is 7.24. The predicted molar refractivity (Wildman–Crippen MR) is 95.2 cm³/mol. The van der Waals surface area contributed by atoms with E-state index in [-0.39, 0.29) is 11.2 Å². The van der Waals surface area contributed by atoms with Gasteiger partial charge in [-0.25, -0.2) is 15.0 Å². The first-order chi connectivity index (χ1) is 11.6. The molecule has 24 heavy (non-hydrogen) atoms. The topological polar surface area (TPSA) is 83.6 Å². The molecule has 0 radical (unpaired) electrons. The Kier molecular flexibility index (Phi) is 5.32. The lowest BCUT2D eigenvalue weighted by atomic mass is 10.1. The van der Waals surface area contributed by atoms with Crippen LogP contribution in [0.25, 0.3) is 11.2 Å². The molecule has 0 unspecified atom stereocenters. The number of fused-ring (bicyclic) bond motifs is 1. The van der Waals surface area contributed by atoms with Crippen molar-refractivity contribution in [3.63, 3.8) is 0 Å². The Hall–Kier alpha value is -2.12. The molecule has 8 heteroatoms. The predicted octanol–water partition coefficient (Wildman–Crippen LogP) is 2.85. The van der Waals surface area contributed by atoms with E-state index in [4.69, 9.17) is 11.6 Å². The molecule has 2 aromatic heterocycles. The zero-order valence-corrected chi connectivity index (χ0v) is 14.6. The summed E-state index contributed by atoms with van der Waals surface area (Å²) in [7, 11) is 0. The normalized spacial score (nSPS) is 12.2. The first kappa shape index (κ1) is 16.7. The molecule has 1 aromatic carbocycles. The highest BCUT2D eigenvalue weighted by Crippen LogP contribution is 2.25. The molecule has 0 aliphatic carbocycles. The minimum atomic E-state index is -0.267. The Morgan fingerprint density at radius 2 is 2.08 bits per heavy atom. The van der Waals surface area contributed by atoms with Crippen LogP contribution in [0.1, 0.15) is 12.5 Å². The Morgan fingerprint density at radius 1 is 1.29 bits per heavy atom. The second-order valence-corrected chi connectivity index (χ2v) is 6.97. The quantitative estimate of drug-likeness (QED) is 0.521. The van der Waals surface area contributed by atoms with Crippen LogP contribution in [0.3, 0.4) is 0 Å². The lowest BCUT2D eigenvalue weighted by Crippen LogP contribution is -2.32. The lowest BCUT2D eigenvalue weighted by Gasteiger charge is -2.11. The smallest absolute Gasteiger partial charge is 0.233 e. The highest BCUT2D eigenvalue weighted by atomic mass is 35.5. The number of aromatic nitrogens is 4. The number of thioether (sulfide) groups is 1. The van der Waals surface area contributed by atoms with Crippen molar-refractivity contribution in [3.8, 4) is 0 Å². The van der Waals surface area contributed by atoms with Crippen molar-refractivity contribution in [1.82, 2.24) is 25.3 Å². The van der Waals surface area contributed by atoms with Crippen LogP contribution in [0.5, 0.6) is 0 Å². The number of H-pyrrole nitrogens is 1. The van der Waals surface area contributed by atoms with Gasteiger partial charge in [-0.1, -0.05) is 35.5 Å². The number of benzene rings is 1. The molecule has 2 N–H and O–H groups in total. The largest absolute Gasteiger partial charge is 0.355 e. The molecular weight excluding hydrogens is 346 g/mol. The third-order valence-electron chi connectivity index (χ3n) is 3.47. The van der Waals surface area contributed by atoms with E-state index in [0.717, 1.165) is 22.5 Å². The number of hydrogen-bond acceptors (Lipinski definition) is 5. The van der Waals surface area contributed by atoms with Crippen molar-refractivity contribution >= 4 is 40.4 Å². The molecule has 0 saturated carbocycles. The van der Waals surface area contributed by atoms with Gasteiger partial charge in [0.15, 0.2) is 5.65 Å². The van der Waals surface area contributed by atoms with Crippen LogP contribution in [0, 0.1) is 0 Å². The van der Waals surface area contributed by atoms with Crippen LogP contribution in [0.2, 0.25) is 5.02 Å². The SMILES string of the molecule is C[C@@H](Sc1ncnc2nc[nH]c12)C(=O)NCCc1ccc(Cl)cc1. The van der Waals surface area contributed by atoms with Crippen LogP contribution in [-0.2, 0) is 11.2 Å². The molecule has 1 atom stereocenters. The average molecular weight is 362 g/mol. The maximum Gasteiger partial charge on any atom is 0.233 e. The number of imidazole rings is 1. The molecule has 3 rings (SSSR count). The van der Waals surface area contributed by atoms with Crippen molar-refractivity contribution in [3.05, 3.63) is 47.5 Å². The summed E-state index contributed by atoms with van der Waals surface area (Å²) in [6.07, 6.45) is 3.79. The van der Waals surface area contributed by atoms with Crippen molar-refractivity contribution in [1.29, 1.82) is 0 Å². The van der Waals surface area contributed by atoms with Crippen LogP contribution >= 0.6 is 23.4 Å². The van der Waals surface area contributed by atoms with E-state index >= 15 is 0 Å². The highest BCUT2D eigenvalue weighted by molar-refractivity contribution is 8.00. The maximum atomic E-state index is 12.2. The summed E-state index contributed by atoms with van der Waals surface area (Å²) in [4.78, 5) is 27.6. The summed E-state index contributed by atoms with van der Waals surface area (Å²) in [6.45, 7) is 2.43. The summed E-state index contributed by atoms with van der Waals surface area (Å²) in [6, 6.07) is 7.62. The van der Waals surface area contributed by atoms with Crippen LogP contribution in [0.15, 0.2) is 41.9 Å². The van der Waals surface area contributed by atoms with Gasteiger partial charge in [0.25, 0.3) is 0 Å². The molecule has 0 saturated heterocycles. The molecule has 0 fully saturated rings. The lowest BCUT2D eigenvalue weighted by molar-refractivity contribution is -0.120. The number of halogens is 1. The highest BCUT2D eigenvalue weighted by Gasteiger charge is 2.17. The third kappa shape index (κ3) is 4.04. The van der Waals surface area contributed by atoms with Crippen molar-refractivity contribution in [2.75, 3.05) is 6.54 Å². The summed E-state index contributed by atoms with van der Waals surface area (Å²) in [5.41, 5.74) is 2.49. The number of hydrogen-bond donors (Lipinski definition) is 2. The maximum absolute atomic E-state index is 12.2. The van der Waals surface area contributed by atoms with Gasteiger partial charge in [0, 0.05) is 11.6 Å². The van der Waals surface area contributed by atoms with Gasteiger partial charge in [-0.3, -0.25) is 4.79 Å². The molecule has 0 spiro atoms. The molecule has 6 nitrogen and oxygen atoms in total. The number of carbonyl (C=O) groups is 1. The second-order valence-electron chi connectivity index (χ2n) is 5.21. The first-order valence-electron chi connectivity index (χ1n) is 7.46. The molecule has 0 aliphatic rings. The van der Waals surface area contributed by atoms with Gasteiger partial charge in [0.1, 0.15) is 16.9 Å². The van der Waals surface area contributed by atoms with E-state index in [0.29, 0.717) is 17.2 Å². The van der Waals surface area contributed by atoms with E-state index in [9.17, 15) is 4.79 Å². The molecule has 2 heterocycles. The van der Waals surface area contributed by atoms with Gasteiger partial charge in [-0.15, -0.1) is 0 Å².